The molecule has 0 bridgehead atoms. The highest BCUT2D eigenvalue weighted by molar-refractivity contribution is 5.76. The Bertz CT molecular complexity index is 965. The maximum absolute atomic E-state index is 12.4. The second-order valence-electron chi connectivity index (χ2n) is 7.76. The van der Waals surface area contributed by atoms with Crippen molar-refractivity contribution in [1.82, 2.24) is 15.5 Å². The van der Waals surface area contributed by atoms with Gasteiger partial charge in [0.2, 0.25) is 17.6 Å². The van der Waals surface area contributed by atoms with Crippen LogP contribution >= 0.6 is 0 Å². The van der Waals surface area contributed by atoms with Crippen molar-refractivity contribution in [2.24, 2.45) is 0 Å². The maximum atomic E-state index is 12.4. The number of fused-ring (bicyclic) bond motifs is 1. The van der Waals surface area contributed by atoms with Gasteiger partial charge in [0.05, 0.1) is 6.04 Å². The van der Waals surface area contributed by atoms with Crippen LogP contribution in [0.5, 0.6) is 0 Å². The molecule has 3 aromatic rings. The molecule has 29 heavy (non-hydrogen) atoms. The lowest BCUT2D eigenvalue weighted by Crippen LogP contribution is -2.26. The number of carbonyl (C=O) groups is 1. The number of carbonyl (C=O) groups excluding carboxylic acids is 1. The summed E-state index contributed by atoms with van der Waals surface area (Å²) in [5.41, 5.74) is 5.02. The third-order valence-corrected chi connectivity index (χ3v) is 5.54. The number of aryl methyl sites for hydroxylation is 3. The van der Waals surface area contributed by atoms with E-state index >= 15 is 0 Å². The summed E-state index contributed by atoms with van der Waals surface area (Å²) < 4.78 is 5.31. The molecule has 1 aliphatic carbocycles. The molecule has 0 radical (unpaired) electrons. The molecule has 1 N–H and O–H groups in total. The van der Waals surface area contributed by atoms with Crippen molar-refractivity contribution < 1.29 is 9.32 Å². The first-order chi connectivity index (χ1) is 14.2. The fraction of sp³-hybridized carbons (Fsp3) is 0.375. The van der Waals surface area contributed by atoms with E-state index in [4.69, 9.17) is 4.52 Å². The zero-order chi connectivity index (χ0) is 20.1. The largest absolute Gasteiger partial charge is 0.350 e. The molecule has 0 spiro atoms. The molecule has 5 nitrogen and oxygen atoms in total. The van der Waals surface area contributed by atoms with Crippen LogP contribution in [0.4, 0.5) is 0 Å². The van der Waals surface area contributed by atoms with Crippen LogP contribution in [0.25, 0.3) is 11.4 Å². The average molecular weight is 389 g/mol. The van der Waals surface area contributed by atoms with Gasteiger partial charge in [0.1, 0.15) is 0 Å². The maximum Gasteiger partial charge on any atom is 0.226 e. The number of aromatic nitrogens is 2. The summed E-state index contributed by atoms with van der Waals surface area (Å²) in [4.78, 5) is 16.8. The standard InChI is InChI=1S/C24H27N3O2/c1-17(20-15-14-18-8-5-6-11-21(18)16-20)25-22(28)12-7-13-23-26-24(27-29-23)19-9-3-2-4-10-19/h2-4,9-10,14-17H,5-8,11-13H2,1H3,(H,25,28). The Morgan fingerprint density at radius 3 is 2.72 bits per heavy atom. The highest BCUT2D eigenvalue weighted by Crippen LogP contribution is 2.25. The molecular weight excluding hydrogens is 362 g/mol. The number of nitrogens with one attached hydrogen (secondary N) is 1. The molecule has 0 saturated heterocycles. The van der Waals surface area contributed by atoms with Gasteiger partial charge in [0.15, 0.2) is 0 Å². The van der Waals surface area contributed by atoms with Crippen LogP contribution < -0.4 is 5.32 Å². The van der Waals surface area contributed by atoms with E-state index in [1.54, 1.807) is 0 Å². The summed E-state index contributed by atoms with van der Waals surface area (Å²) in [5, 5.41) is 7.14. The van der Waals surface area contributed by atoms with Gasteiger partial charge in [-0.3, -0.25) is 4.79 Å². The van der Waals surface area contributed by atoms with Gasteiger partial charge in [-0.25, -0.2) is 0 Å². The summed E-state index contributed by atoms with van der Waals surface area (Å²) in [6.07, 6.45) is 6.60. The molecule has 1 aliphatic rings. The lowest BCUT2D eigenvalue weighted by molar-refractivity contribution is -0.121. The highest BCUT2D eigenvalue weighted by atomic mass is 16.5. The minimum atomic E-state index is 0.0165. The van der Waals surface area contributed by atoms with E-state index in [1.165, 1.54) is 36.0 Å². The summed E-state index contributed by atoms with van der Waals surface area (Å²) in [7, 11) is 0. The monoisotopic (exact) mass is 389 g/mol. The number of amides is 1. The molecule has 4 rings (SSSR count). The number of hydrogen-bond donors (Lipinski definition) is 1. The molecule has 1 aromatic heterocycles. The van der Waals surface area contributed by atoms with Gasteiger partial charge < -0.3 is 9.84 Å². The number of nitrogens with zero attached hydrogens (tertiary/aromatic N) is 2. The van der Waals surface area contributed by atoms with Crippen LogP contribution in [0.2, 0.25) is 0 Å². The van der Waals surface area contributed by atoms with Gasteiger partial charge in [-0.1, -0.05) is 53.7 Å². The highest BCUT2D eigenvalue weighted by Gasteiger charge is 2.15. The van der Waals surface area contributed by atoms with Gasteiger partial charge in [-0.15, -0.1) is 0 Å². The molecular formula is C24H27N3O2. The molecule has 5 heteroatoms. The zero-order valence-corrected chi connectivity index (χ0v) is 16.9. The smallest absolute Gasteiger partial charge is 0.226 e. The van der Waals surface area contributed by atoms with Gasteiger partial charge in [-0.2, -0.15) is 4.98 Å². The predicted molar refractivity (Wildman–Crippen MR) is 112 cm³/mol. The third kappa shape index (κ3) is 4.91. The topological polar surface area (TPSA) is 68.0 Å². The lowest BCUT2D eigenvalue weighted by Gasteiger charge is -2.20. The Balaban J connectivity index is 1.25. The molecule has 1 unspecified atom stereocenters. The molecule has 1 amide bonds. The van der Waals surface area contributed by atoms with E-state index in [1.807, 2.05) is 37.3 Å². The number of benzene rings is 2. The number of rotatable bonds is 7. The third-order valence-electron chi connectivity index (χ3n) is 5.54. The van der Waals surface area contributed by atoms with Crippen molar-refractivity contribution in [1.29, 1.82) is 0 Å². The van der Waals surface area contributed by atoms with E-state index in [2.05, 4.69) is 33.7 Å². The molecule has 1 atom stereocenters. The Morgan fingerprint density at radius 2 is 1.90 bits per heavy atom. The van der Waals surface area contributed by atoms with Crippen LogP contribution in [0.3, 0.4) is 0 Å². The molecule has 0 saturated carbocycles. The van der Waals surface area contributed by atoms with Gasteiger partial charge >= 0.3 is 0 Å². The van der Waals surface area contributed by atoms with Crippen LogP contribution in [0, 0.1) is 0 Å². The van der Waals surface area contributed by atoms with Crippen molar-refractivity contribution in [2.45, 2.75) is 57.9 Å². The second-order valence-corrected chi connectivity index (χ2v) is 7.76. The molecule has 0 aliphatic heterocycles. The van der Waals surface area contributed by atoms with E-state index < -0.39 is 0 Å². The predicted octanol–water partition coefficient (Wildman–Crippen LogP) is 4.82. The van der Waals surface area contributed by atoms with Crippen LogP contribution in [-0.2, 0) is 24.1 Å². The van der Waals surface area contributed by atoms with Crippen LogP contribution in [0.15, 0.2) is 53.1 Å². The minimum absolute atomic E-state index is 0.0165. The molecule has 2 aromatic carbocycles. The summed E-state index contributed by atoms with van der Waals surface area (Å²) in [6.45, 7) is 2.05. The quantitative estimate of drug-likeness (QED) is 0.629. The second kappa shape index (κ2) is 9.03. The fourth-order valence-corrected chi connectivity index (χ4v) is 3.88. The normalized spacial score (nSPS) is 14.2. The van der Waals surface area contributed by atoms with E-state index in [9.17, 15) is 4.79 Å². The lowest BCUT2D eigenvalue weighted by atomic mass is 9.89. The molecule has 1 heterocycles. The zero-order valence-electron chi connectivity index (χ0n) is 16.9. The first kappa shape index (κ1) is 19.4. The van der Waals surface area contributed by atoms with Gasteiger partial charge in [-0.05, 0) is 55.7 Å². The fourth-order valence-electron chi connectivity index (χ4n) is 3.88. The first-order valence-electron chi connectivity index (χ1n) is 10.5. The van der Waals surface area contributed by atoms with Gasteiger partial charge in [0, 0.05) is 18.4 Å². The van der Waals surface area contributed by atoms with Gasteiger partial charge in [0.25, 0.3) is 0 Å². The summed E-state index contributed by atoms with van der Waals surface area (Å²) in [6, 6.07) is 16.4. The first-order valence-corrected chi connectivity index (χ1v) is 10.5. The van der Waals surface area contributed by atoms with Crippen molar-refractivity contribution in [2.75, 3.05) is 0 Å². The Hall–Kier alpha value is -2.95. The SMILES string of the molecule is CC(NC(=O)CCCc1nc(-c2ccccc2)no1)c1ccc2c(c1)CCCC2. The van der Waals surface area contributed by atoms with E-state index in [0.717, 1.165) is 12.0 Å². The Kier molecular flexibility index (Phi) is 6.03. The van der Waals surface area contributed by atoms with Crippen LogP contribution in [0.1, 0.15) is 61.2 Å². The molecule has 150 valence electrons. The number of hydrogen-bond acceptors (Lipinski definition) is 4. The average Bonchev–Trinajstić information content (AvgIpc) is 3.23. The van der Waals surface area contributed by atoms with Crippen molar-refractivity contribution in [3.8, 4) is 11.4 Å². The Labute approximate surface area is 171 Å². The van der Waals surface area contributed by atoms with E-state index in [-0.39, 0.29) is 11.9 Å². The minimum Gasteiger partial charge on any atom is -0.350 e. The summed E-state index contributed by atoms with van der Waals surface area (Å²) in [5.74, 6) is 1.21. The Morgan fingerprint density at radius 1 is 1.10 bits per heavy atom. The summed E-state index contributed by atoms with van der Waals surface area (Å²) >= 11 is 0. The van der Waals surface area contributed by atoms with Crippen molar-refractivity contribution in [3.63, 3.8) is 0 Å². The van der Waals surface area contributed by atoms with E-state index in [0.29, 0.717) is 31.0 Å². The molecule has 0 fully saturated rings. The van der Waals surface area contributed by atoms with Crippen LogP contribution in [-0.4, -0.2) is 16.0 Å². The van der Waals surface area contributed by atoms with Crippen molar-refractivity contribution in [3.05, 3.63) is 71.1 Å². The van der Waals surface area contributed by atoms with Crippen molar-refractivity contribution >= 4 is 5.91 Å².